The summed E-state index contributed by atoms with van der Waals surface area (Å²) in [5.74, 6) is -0.531. The molecule has 3 N–H and O–H groups in total. The van der Waals surface area contributed by atoms with Crippen molar-refractivity contribution in [3.8, 4) is 0 Å². The predicted molar refractivity (Wildman–Crippen MR) is 73.3 cm³/mol. The maximum Gasteiger partial charge on any atom is 0.242 e. The Morgan fingerprint density at radius 3 is 2.18 bits per heavy atom. The van der Waals surface area contributed by atoms with Gasteiger partial charge >= 0.3 is 0 Å². The maximum absolute atomic E-state index is 13.0. The Labute approximate surface area is 122 Å². The van der Waals surface area contributed by atoms with E-state index in [0.717, 1.165) is 12.1 Å². The molecule has 0 aliphatic carbocycles. The van der Waals surface area contributed by atoms with Gasteiger partial charge in [0.25, 0.3) is 0 Å². The Kier molecular flexibility index (Phi) is 7.12. The molecule has 0 aromatic heterocycles. The van der Waals surface area contributed by atoms with Crippen LogP contribution in [-0.4, -0.2) is 21.5 Å². The first-order chi connectivity index (χ1) is 7.38. The van der Waals surface area contributed by atoms with Crippen LogP contribution in [0.2, 0.25) is 0 Å². The summed E-state index contributed by atoms with van der Waals surface area (Å²) < 4.78 is 39.1. The first kappa shape index (κ1) is 17.3. The van der Waals surface area contributed by atoms with Gasteiger partial charge in [0, 0.05) is 22.0 Å². The van der Waals surface area contributed by atoms with Crippen LogP contribution < -0.4 is 10.5 Å². The fourth-order valence-corrected chi connectivity index (χ4v) is 4.62. The van der Waals surface area contributed by atoms with Gasteiger partial charge in [-0.3, -0.25) is 0 Å². The second kappa shape index (κ2) is 7.01. The maximum atomic E-state index is 13.0. The highest BCUT2D eigenvalue weighted by molar-refractivity contribution is 9.11. The lowest BCUT2D eigenvalue weighted by atomic mass is 10.3. The van der Waals surface area contributed by atoms with Crippen LogP contribution in [0.5, 0.6) is 0 Å². The topological polar surface area (TPSA) is 72.2 Å². The average molecular weight is 413 g/mol. The van der Waals surface area contributed by atoms with Gasteiger partial charge in [-0.25, -0.2) is 17.5 Å². The van der Waals surface area contributed by atoms with E-state index in [0.29, 0.717) is 0 Å². The SMILES string of the molecule is Cl.NCCNS(=O)(=O)c1c(Br)cc(F)cc1Br. The summed E-state index contributed by atoms with van der Waals surface area (Å²) in [6, 6.07) is 2.17. The molecule has 0 saturated heterocycles. The van der Waals surface area contributed by atoms with Crippen molar-refractivity contribution < 1.29 is 12.8 Å². The molecule has 0 saturated carbocycles. The van der Waals surface area contributed by atoms with E-state index >= 15 is 0 Å². The van der Waals surface area contributed by atoms with Crippen LogP contribution in [0.3, 0.4) is 0 Å². The molecule has 0 heterocycles. The number of hydrogen-bond donors (Lipinski definition) is 2. The molecule has 0 aliphatic heterocycles. The first-order valence-electron chi connectivity index (χ1n) is 4.23. The molecule has 1 aromatic carbocycles. The van der Waals surface area contributed by atoms with Crippen LogP contribution >= 0.6 is 44.3 Å². The lowest BCUT2D eigenvalue weighted by Gasteiger charge is -2.09. The molecule has 0 radical (unpaired) electrons. The van der Waals surface area contributed by atoms with Crippen LogP contribution in [0.15, 0.2) is 26.0 Å². The summed E-state index contributed by atoms with van der Waals surface area (Å²) >= 11 is 6.01. The monoisotopic (exact) mass is 410 g/mol. The fourth-order valence-electron chi connectivity index (χ4n) is 1.05. The van der Waals surface area contributed by atoms with E-state index in [1.807, 2.05) is 0 Å². The van der Waals surface area contributed by atoms with E-state index in [1.54, 1.807) is 0 Å². The third kappa shape index (κ3) is 4.46. The normalized spacial score (nSPS) is 11.1. The molecule has 0 unspecified atom stereocenters. The van der Waals surface area contributed by atoms with Crippen molar-refractivity contribution in [3.63, 3.8) is 0 Å². The van der Waals surface area contributed by atoms with E-state index in [-0.39, 0.29) is 39.3 Å². The minimum atomic E-state index is -3.69. The second-order valence-corrected chi connectivity index (χ2v) is 6.30. The summed E-state index contributed by atoms with van der Waals surface area (Å²) in [5, 5.41) is 0. The van der Waals surface area contributed by atoms with E-state index in [1.165, 1.54) is 0 Å². The highest BCUT2D eigenvalue weighted by atomic mass is 79.9. The van der Waals surface area contributed by atoms with Crippen molar-refractivity contribution in [3.05, 3.63) is 26.9 Å². The van der Waals surface area contributed by atoms with Gasteiger partial charge in [0.2, 0.25) is 10.0 Å². The van der Waals surface area contributed by atoms with Gasteiger partial charge in [-0.2, -0.15) is 0 Å². The lowest BCUT2D eigenvalue weighted by Crippen LogP contribution is -2.29. The van der Waals surface area contributed by atoms with Crippen molar-refractivity contribution in [1.29, 1.82) is 0 Å². The first-order valence-corrected chi connectivity index (χ1v) is 7.29. The van der Waals surface area contributed by atoms with Crippen LogP contribution in [0, 0.1) is 5.82 Å². The molecule has 1 rings (SSSR count). The van der Waals surface area contributed by atoms with Gasteiger partial charge in [0.15, 0.2) is 0 Å². The minimum absolute atomic E-state index is 0. The molecule has 0 fully saturated rings. The van der Waals surface area contributed by atoms with Gasteiger partial charge in [0.05, 0.1) is 0 Å². The summed E-state index contributed by atoms with van der Waals surface area (Å²) in [4.78, 5) is -0.0395. The molecule has 1 aromatic rings. The average Bonchev–Trinajstić information content (AvgIpc) is 2.12. The second-order valence-electron chi connectivity index (χ2n) is 2.89. The van der Waals surface area contributed by atoms with Crippen molar-refractivity contribution in [2.45, 2.75) is 4.90 Å². The predicted octanol–water partition coefficient (Wildman–Crippen LogP) is 2.01. The number of nitrogens with one attached hydrogen (secondary N) is 1. The Bertz CT molecular complexity index is 475. The number of halogens is 4. The molecular formula is C8H10Br2ClFN2O2S. The van der Waals surface area contributed by atoms with Crippen molar-refractivity contribution in [2.75, 3.05) is 13.1 Å². The van der Waals surface area contributed by atoms with E-state index in [4.69, 9.17) is 5.73 Å². The molecular weight excluding hydrogens is 402 g/mol. The van der Waals surface area contributed by atoms with E-state index in [9.17, 15) is 12.8 Å². The Balaban J connectivity index is 0.00000256. The van der Waals surface area contributed by atoms with Gasteiger partial charge in [0.1, 0.15) is 10.7 Å². The van der Waals surface area contributed by atoms with Crippen molar-refractivity contribution in [2.24, 2.45) is 5.73 Å². The van der Waals surface area contributed by atoms with Crippen LogP contribution in [0.1, 0.15) is 0 Å². The zero-order chi connectivity index (χ0) is 12.3. The van der Waals surface area contributed by atoms with E-state index in [2.05, 4.69) is 36.6 Å². The molecule has 0 bridgehead atoms. The molecule has 0 atom stereocenters. The van der Waals surface area contributed by atoms with Gasteiger partial charge < -0.3 is 5.73 Å². The summed E-state index contributed by atoms with van der Waals surface area (Å²) in [6.45, 7) is 0.314. The number of benzene rings is 1. The third-order valence-corrected chi connectivity index (χ3v) is 5.01. The molecule has 4 nitrogen and oxygen atoms in total. The quantitative estimate of drug-likeness (QED) is 0.795. The number of sulfonamides is 1. The van der Waals surface area contributed by atoms with Crippen LogP contribution in [0.4, 0.5) is 4.39 Å². The standard InChI is InChI=1S/C8H9Br2FN2O2S.ClH/c9-6-3-5(11)4-7(10)8(6)16(14,15)13-2-1-12;/h3-4,13H,1-2,12H2;1H. The molecule has 98 valence electrons. The van der Waals surface area contributed by atoms with Gasteiger partial charge in [-0.15, -0.1) is 12.4 Å². The Morgan fingerprint density at radius 1 is 1.29 bits per heavy atom. The van der Waals surface area contributed by atoms with Gasteiger partial charge in [-0.05, 0) is 44.0 Å². The molecule has 9 heteroatoms. The highest BCUT2D eigenvalue weighted by Crippen LogP contribution is 2.30. The smallest absolute Gasteiger partial charge is 0.242 e. The fraction of sp³-hybridized carbons (Fsp3) is 0.250. The van der Waals surface area contributed by atoms with Crippen LogP contribution in [-0.2, 0) is 10.0 Å². The molecule has 0 spiro atoms. The van der Waals surface area contributed by atoms with Crippen molar-refractivity contribution in [1.82, 2.24) is 4.72 Å². The Morgan fingerprint density at radius 2 is 1.76 bits per heavy atom. The molecule has 0 aliphatic rings. The van der Waals surface area contributed by atoms with Gasteiger partial charge in [-0.1, -0.05) is 0 Å². The summed E-state index contributed by atoms with van der Waals surface area (Å²) in [6.07, 6.45) is 0. The number of nitrogens with two attached hydrogens (primary N) is 1. The summed E-state index contributed by atoms with van der Waals surface area (Å²) in [5.41, 5.74) is 5.20. The Hall–Kier alpha value is 0.270. The lowest BCUT2D eigenvalue weighted by molar-refractivity contribution is 0.579. The summed E-state index contributed by atoms with van der Waals surface area (Å²) in [7, 11) is -3.69. The zero-order valence-electron chi connectivity index (χ0n) is 8.41. The molecule has 0 amide bonds. The minimum Gasteiger partial charge on any atom is -0.329 e. The van der Waals surface area contributed by atoms with Crippen LogP contribution in [0.25, 0.3) is 0 Å². The third-order valence-electron chi connectivity index (χ3n) is 1.67. The highest BCUT2D eigenvalue weighted by Gasteiger charge is 2.21. The zero-order valence-corrected chi connectivity index (χ0v) is 13.2. The number of hydrogen-bond acceptors (Lipinski definition) is 3. The van der Waals surface area contributed by atoms with E-state index < -0.39 is 15.8 Å². The van der Waals surface area contributed by atoms with Crippen molar-refractivity contribution >= 4 is 54.3 Å². The number of rotatable bonds is 4. The molecule has 17 heavy (non-hydrogen) atoms. The largest absolute Gasteiger partial charge is 0.329 e.